The zero-order valence-corrected chi connectivity index (χ0v) is 15.9. The number of aromatic nitrogens is 1. The van der Waals surface area contributed by atoms with Crippen LogP contribution < -0.4 is 5.32 Å². The molecule has 0 atom stereocenters. The van der Waals surface area contributed by atoms with Crippen LogP contribution in [0.3, 0.4) is 0 Å². The van der Waals surface area contributed by atoms with E-state index >= 15 is 0 Å². The lowest BCUT2D eigenvalue weighted by Crippen LogP contribution is -2.24. The molecule has 0 saturated carbocycles. The summed E-state index contributed by atoms with van der Waals surface area (Å²) in [5.41, 5.74) is 4.71. The van der Waals surface area contributed by atoms with Crippen LogP contribution in [-0.2, 0) is 17.8 Å². The molecule has 0 aliphatic heterocycles. The maximum Gasteiger partial charge on any atom is 0.227 e. The number of carbonyl (C=O) groups is 2. The Bertz CT molecular complexity index is 1140. The molecular formula is C23H18N2O2S. The molecule has 0 aliphatic rings. The third-order valence-corrected chi connectivity index (χ3v) is 5.45. The van der Waals surface area contributed by atoms with Gasteiger partial charge in [-0.25, -0.2) is 4.98 Å². The number of carbonyl (C=O) groups excluding carboxylic acids is 2. The molecule has 4 nitrogen and oxygen atoms in total. The number of fused-ring (bicyclic) bond motifs is 1. The van der Waals surface area contributed by atoms with Crippen molar-refractivity contribution in [3.8, 4) is 11.1 Å². The van der Waals surface area contributed by atoms with E-state index in [1.165, 1.54) is 0 Å². The van der Waals surface area contributed by atoms with E-state index in [1.807, 2.05) is 36.4 Å². The molecule has 138 valence electrons. The summed E-state index contributed by atoms with van der Waals surface area (Å²) in [6.45, 7) is 0.392. The first-order valence-corrected chi connectivity index (χ1v) is 9.78. The lowest BCUT2D eigenvalue weighted by molar-refractivity contribution is -0.120. The van der Waals surface area contributed by atoms with Crippen LogP contribution in [0.2, 0.25) is 0 Å². The number of hydrogen-bond donors (Lipinski definition) is 1. The third-order valence-electron chi connectivity index (χ3n) is 4.43. The minimum atomic E-state index is -0.0844. The number of nitrogens with zero attached hydrogens (tertiary/aromatic N) is 1. The summed E-state index contributed by atoms with van der Waals surface area (Å²) < 4.78 is 1.07. The SMILES string of the molecule is O=Cc1cccc(CNC(=O)Cc2nc3ccc(-c4ccccc4)cc3s2)c1. The van der Waals surface area contributed by atoms with Crippen molar-refractivity contribution in [2.75, 3.05) is 0 Å². The fraction of sp³-hybridized carbons (Fsp3) is 0.0870. The Kier molecular flexibility index (Phi) is 5.26. The summed E-state index contributed by atoms with van der Waals surface area (Å²) in [4.78, 5) is 27.7. The van der Waals surface area contributed by atoms with Crippen molar-refractivity contribution in [1.82, 2.24) is 10.3 Å². The number of rotatable bonds is 6. The van der Waals surface area contributed by atoms with Crippen LogP contribution in [0.4, 0.5) is 0 Å². The maximum absolute atomic E-state index is 12.3. The maximum atomic E-state index is 12.3. The Morgan fingerprint density at radius 3 is 2.64 bits per heavy atom. The van der Waals surface area contributed by atoms with E-state index in [-0.39, 0.29) is 12.3 Å². The van der Waals surface area contributed by atoms with Gasteiger partial charge in [0.1, 0.15) is 11.3 Å². The van der Waals surface area contributed by atoms with Crippen molar-refractivity contribution in [2.45, 2.75) is 13.0 Å². The molecule has 3 aromatic carbocycles. The van der Waals surface area contributed by atoms with Gasteiger partial charge in [-0.15, -0.1) is 11.3 Å². The highest BCUT2D eigenvalue weighted by atomic mass is 32.1. The Labute approximate surface area is 166 Å². The summed E-state index contributed by atoms with van der Waals surface area (Å²) in [5, 5.41) is 3.68. The van der Waals surface area contributed by atoms with E-state index in [4.69, 9.17) is 0 Å². The van der Waals surface area contributed by atoms with Crippen molar-refractivity contribution < 1.29 is 9.59 Å². The Morgan fingerprint density at radius 1 is 0.964 bits per heavy atom. The molecule has 0 radical (unpaired) electrons. The van der Waals surface area contributed by atoms with Crippen LogP contribution in [0.15, 0.2) is 72.8 Å². The van der Waals surface area contributed by atoms with Gasteiger partial charge in [0.05, 0.1) is 16.6 Å². The molecular weight excluding hydrogens is 368 g/mol. The second kappa shape index (κ2) is 8.15. The molecule has 1 aromatic heterocycles. The van der Waals surface area contributed by atoms with Crippen LogP contribution in [0.25, 0.3) is 21.3 Å². The van der Waals surface area contributed by atoms with Gasteiger partial charge in [0, 0.05) is 12.1 Å². The Balaban J connectivity index is 1.44. The zero-order chi connectivity index (χ0) is 19.3. The second-order valence-electron chi connectivity index (χ2n) is 6.47. The number of amides is 1. The molecule has 28 heavy (non-hydrogen) atoms. The van der Waals surface area contributed by atoms with E-state index in [1.54, 1.807) is 23.5 Å². The largest absolute Gasteiger partial charge is 0.352 e. The first kappa shape index (κ1) is 18.1. The van der Waals surface area contributed by atoms with E-state index in [2.05, 4.69) is 34.6 Å². The third kappa shape index (κ3) is 4.15. The highest BCUT2D eigenvalue weighted by molar-refractivity contribution is 7.18. The van der Waals surface area contributed by atoms with Gasteiger partial charge >= 0.3 is 0 Å². The van der Waals surface area contributed by atoms with Crippen molar-refractivity contribution >= 4 is 33.7 Å². The van der Waals surface area contributed by atoms with E-state index < -0.39 is 0 Å². The molecule has 4 aromatic rings. The van der Waals surface area contributed by atoms with E-state index in [9.17, 15) is 9.59 Å². The van der Waals surface area contributed by atoms with Gasteiger partial charge in [0.15, 0.2) is 0 Å². The summed E-state index contributed by atoms with van der Waals surface area (Å²) in [6.07, 6.45) is 1.05. The second-order valence-corrected chi connectivity index (χ2v) is 7.59. The highest BCUT2D eigenvalue weighted by Crippen LogP contribution is 2.28. The van der Waals surface area contributed by atoms with Gasteiger partial charge < -0.3 is 5.32 Å². The smallest absolute Gasteiger partial charge is 0.227 e. The molecule has 5 heteroatoms. The molecule has 0 spiro atoms. The van der Waals surface area contributed by atoms with Crippen LogP contribution in [0, 0.1) is 0 Å². The van der Waals surface area contributed by atoms with Gasteiger partial charge in [0.25, 0.3) is 0 Å². The summed E-state index contributed by atoms with van der Waals surface area (Å²) >= 11 is 1.54. The first-order valence-electron chi connectivity index (χ1n) is 8.97. The molecule has 1 heterocycles. The number of nitrogens with one attached hydrogen (secondary N) is 1. The van der Waals surface area contributed by atoms with Crippen LogP contribution in [0.5, 0.6) is 0 Å². The summed E-state index contributed by atoms with van der Waals surface area (Å²) in [5.74, 6) is -0.0844. The van der Waals surface area contributed by atoms with E-state index in [0.29, 0.717) is 12.1 Å². The Hall–Kier alpha value is -3.31. The van der Waals surface area contributed by atoms with Crippen molar-refractivity contribution in [1.29, 1.82) is 0 Å². The van der Waals surface area contributed by atoms with E-state index in [0.717, 1.165) is 38.2 Å². The van der Waals surface area contributed by atoms with Crippen LogP contribution in [-0.4, -0.2) is 17.2 Å². The minimum absolute atomic E-state index is 0.0844. The molecule has 0 bridgehead atoms. The predicted molar refractivity (Wildman–Crippen MR) is 112 cm³/mol. The quantitative estimate of drug-likeness (QED) is 0.491. The van der Waals surface area contributed by atoms with Gasteiger partial charge in [-0.05, 0) is 34.9 Å². The molecule has 0 aliphatic carbocycles. The van der Waals surface area contributed by atoms with Gasteiger partial charge in [0.2, 0.25) is 5.91 Å². The Morgan fingerprint density at radius 2 is 1.82 bits per heavy atom. The molecule has 0 fully saturated rings. The summed E-state index contributed by atoms with van der Waals surface area (Å²) in [6, 6.07) is 23.6. The molecule has 1 N–H and O–H groups in total. The van der Waals surface area contributed by atoms with Gasteiger partial charge in [-0.2, -0.15) is 0 Å². The molecule has 1 amide bonds. The lowest BCUT2D eigenvalue weighted by Gasteiger charge is -2.04. The number of hydrogen-bond acceptors (Lipinski definition) is 4. The molecule has 0 unspecified atom stereocenters. The van der Waals surface area contributed by atoms with Crippen molar-refractivity contribution in [2.24, 2.45) is 0 Å². The first-order chi connectivity index (χ1) is 13.7. The normalized spacial score (nSPS) is 10.7. The van der Waals surface area contributed by atoms with Crippen LogP contribution in [0.1, 0.15) is 20.9 Å². The average molecular weight is 386 g/mol. The molecule has 4 rings (SSSR count). The standard InChI is InChI=1S/C23H18N2O2S/c26-15-17-6-4-5-16(11-17)14-24-22(27)13-23-25-20-10-9-19(12-21(20)28-23)18-7-2-1-3-8-18/h1-12,15H,13-14H2,(H,24,27). The van der Waals surface area contributed by atoms with Crippen molar-refractivity contribution in [3.05, 3.63) is 88.9 Å². The fourth-order valence-corrected chi connectivity index (χ4v) is 4.04. The topological polar surface area (TPSA) is 59.1 Å². The van der Waals surface area contributed by atoms with Gasteiger partial charge in [-0.1, -0.05) is 54.6 Å². The lowest BCUT2D eigenvalue weighted by atomic mass is 10.1. The zero-order valence-electron chi connectivity index (χ0n) is 15.1. The minimum Gasteiger partial charge on any atom is -0.352 e. The predicted octanol–water partition coefficient (Wildman–Crippen LogP) is 4.63. The summed E-state index contributed by atoms with van der Waals surface area (Å²) in [7, 11) is 0. The number of benzene rings is 3. The fourth-order valence-electron chi connectivity index (χ4n) is 3.03. The highest BCUT2D eigenvalue weighted by Gasteiger charge is 2.10. The van der Waals surface area contributed by atoms with Crippen LogP contribution >= 0.6 is 11.3 Å². The average Bonchev–Trinajstić information content (AvgIpc) is 3.14. The van der Waals surface area contributed by atoms with Gasteiger partial charge in [-0.3, -0.25) is 9.59 Å². The number of thiazole rings is 1. The molecule has 0 saturated heterocycles. The monoisotopic (exact) mass is 386 g/mol. The van der Waals surface area contributed by atoms with Crippen molar-refractivity contribution in [3.63, 3.8) is 0 Å². The number of aldehydes is 1.